The molecule has 3 amide bonds. The van der Waals surface area contributed by atoms with Crippen LogP contribution in [0.2, 0.25) is 0 Å². The molecule has 2 rings (SSSR count). The van der Waals surface area contributed by atoms with Gasteiger partial charge in [0.2, 0.25) is 17.7 Å². The summed E-state index contributed by atoms with van der Waals surface area (Å²) in [5, 5.41) is 26.7. The molecule has 0 aliphatic heterocycles. The number of nitrogens with two attached hydrogens (primary N) is 1. The molecule has 5 atom stereocenters. The number of benzene rings is 1. The lowest BCUT2D eigenvalue weighted by Gasteiger charge is -2.28. The van der Waals surface area contributed by atoms with Gasteiger partial charge in [0, 0.05) is 35.7 Å². The normalized spacial score (nSPS) is 15.1. The van der Waals surface area contributed by atoms with Gasteiger partial charge in [-0.25, -0.2) is 4.79 Å². The molecule has 208 valence electrons. The molecular formula is C25H35N5O7S. The monoisotopic (exact) mass is 549 g/mol. The molecular weight excluding hydrogens is 514 g/mol. The molecule has 1 aromatic heterocycles. The minimum atomic E-state index is -1.27. The number of H-pyrrole nitrogens is 1. The second kappa shape index (κ2) is 14.4. The first kappa shape index (κ1) is 30.6. The van der Waals surface area contributed by atoms with Gasteiger partial charge in [0.1, 0.15) is 18.1 Å². The molecule has 5 unspecified atom stereocenters. The Bertz CT molecular complexity index is 1150. The molecule has 0 aliphatic rings. The number of para-hydroxylation sites is 1. The Morgan fingerprint density at radius 2 is 1.66 bits per heavy atom. The number of amides is 3. The first-order chi connectivity index (χ1) is 18.0. The molecule has 38 heavy (non-hydrogen) atoms. The van der Waals surface area contributed by atoms with Gasteiger partial charge in [-0.3, -0.25) is 19.2 Å². The molecule has 13 heteroatoms. The smallest absolute Gasteiger partial charge is 0.327 e. The number of carboxylic acid groups (broad SMARTS) is 2. The number of aliphatic carboxylic acids is 2. The van der Waals surface area contributed by atoms with Gasteiger partial charge in [-0.05, 0) is 24.0 Å². The van der Waals surface area contributed by atoms with Crippen molar-refractivity contribution in [3.63, 3.8) is 0 Å². The van der Waals surface area contributed by atoms with Gasteiger partial charge in [0.15, 0.2) is 0 Å². The van der Waals surface area contributed by atoms with Crippen LogP contribution in [0.3, 0.4) is 0 Å². The van der Waals surface area contributed by atoms with E-state index in [4.69, 9.17) is 10.8 Å². The van der Waals surface area contributed by atoms with Crippen LogP contribution < -0.4 is 21.7 Å². The minimum absolute atomic E-state index is 0.0415. The van der Waals surface area contributed by atoms with Gasteiger partial charge in [0.25, 0.3) is 0 Å². The molecule has 0 spiro atoms. The van der Waals surface area contributed by atoms with E-state index in [2.05, 4.69) is 33.6 Å². The molecule has 1 heterocycles. The van der Waals surface area contributed by atoms with Crippen LogP contribution in [-0.2, 0) is 30.4 Å². The third kappa shape index (κ3) is 8.48. The van der Waals surface area contributed by atoms with Gasteiger partial charge in [-0.1, -0.05) is 38.5 Å². The van der Waals surface area contributed by atoms with Crippen LogP contribution in [0.25, 0.3) is 10.9 Å². The molecule has 0 bridgehead atoms. The van der Waals surface area contributed by atoms with Gasteiger partial charge in [-0.15, -0.1) is 0 Å². The average Bonchev–Trinajstić information content (AvgIpc) is 3.30. The summed E-state index contributed by atoms with van der Waals surface area (Å²) in [6.07, 6.45) is 1.84. The van der Waals surface area contributed by atoms with E-state index in [1.807, 2.05) is 31.2 Å². The van der Waals surface area contributed by atoms with Crippen LogP contribution in [-0.4, -0.2) is 74.8 Å². The Balaban J connectivity index is 2.29. The zero-order valence-electron chi connectivity index (χ0n) is 21.3. The maximum absolute atomic E-state index is 13.4. The largest absolute Gasteiger partial charge is 0.481 e. The summed E-state index contributed by atoms with van der Waals surface area (Å²) in [5.74, 6) is -4.96. The summed E-state index contributed by atoms with van der Waals surface area (Å²) >= 11 is 3.98. The zero-order chi connectivity index (χ0) is 28.4. The van der Waals surface area contributed by atoms with Crippen molar-refractivity contribution in [3.8, 4) is 0 Å². The average molecular weight is 550 g/mol. The molecule has 0 radical (unpaired) electrons. The van der Waals surface area contributed by atoms with Crippen molar-refractivity contribution in [1.29, 1.82) is 0 Å². The second-order valence-electron chi connectivity index (χ2n) is 9.12. The van der Waals surface area contributed by atoms with Gasteiger partial charge >= 0.3 is 11.9 Å². The summed E-state index contributed by atoms with van der Waals surface area (Å²) in [7, 11) is 0. The van der Waals surface area contributed by atoms with Gasteiger partial charge in [-0.2, -0.15) is 12.6 Å². The number of rotatable bonds is 15. The van der Waals surface area contributed by atoms with E-state index in [1.54, 1.807) is 13.1 Å². The van der Waals surface area contributed by atoms with Crippen LogP contribution in [0.1, 0.15) is 38.7 Å². The lowest BCUT2D eigenvalue weighted by Crippen LogP contribution is -2.59. The van der Waals surface area contributed by atoms with Crippen molar-refractivity contribution in [3.05, 3.63) is 36.0 Å². The number of thiol groups is 1. The maximum Gasteiger partial charge on any atom is 0.327 e. The summed E-state index contributed by atoms with van der Waals surface area (Å²) in [5.41, 5.74) is 7.36. The fraction of sp³-hybridized carbons (Fsp3) is 0.480. The predicted octanol–water partition coefficient (Wildman–Crippen LogP) is 0.417. The number of nitrogens with one attached hydrogen (secondary N) is 4. The summed E-state index contributed by atoms with van der Waals surface area (Å²) < 4.78 is 0. The molecule has 1 aromatic carbocycles. The number of carbonyl (C=O) groups is 5. The van der Waals surface area contributed by atoms with Crippen LogP contribution in [0.5, 0.6) is 0 Å². The molecule has 12 nitrogen and oxygen atoms in total. The highest BCUT2D eigenvalue weighted by molar-refractivity contribution is 7.80. The number of aromatic amines is 1. The quantitative estimate of drug-likeness (QED) is 0.146. The zero-order valence-corrected chi connectivity index (χ0v) is 22.2. The van der Waals surface area contributed by atoms with E-state index < -0.39 is 53.8 Å². The molecule has 8 N–H and O–H groups in total. The third-order valence-corrected chi connectivity index (χ3v) is 6.69. The number of hydrogen-bond acceptors (Lipinski definition) is 7. The summed E-state index contributed by atoms with van der Waals surface area (Å²) in [6.45, 7) is 3.56. The Labute approximate surface area is 225 Å². The van der Waals surface area contributed by atoms with E-state index in [0.717, 1.165) is 16.5 Å². The van der Waals surface area contributed by atoms with Crippen LogP contribution >= 0.6 is 12.6 Å². The second-order valence-corrected chi connectivity index (χ2v) is 9.48. The standard InChI is InChI=1S/C25H35N5O7S/c1-3-13(2)21(30-22(33)16(26)8-9-20(31)32)24(35)28-18(23(34)29-19(12-38)25(36)37)10-14-11-27-17-7-5-4-6-15(14)17/h4-7,11,13,16,18-19,21,27,38H,3,8-10,12,26H2,1-2H3,(H,28,35)(H,29,34)(H,30,33)(H,31,32)(H,36,37). The van der Waals surface area contributed by atoms with E-state index in [1.165, 1.54) is 0 Å². The Kier molecular flexibility index (Phi) is 11.6. The molecule has 0 aliphatic carbocycles. The van der Waals surface area contributed by atoms with E-state index in [-0.39, 0.29) is 30.9 Å². The first-order valence-corrected chi connectivity index (χ1v) is 12.9. The van der Waals surface area contributed by atoms with E-state index in [9.17, 15) is 29.1 Å². The van der Waals surface area contributed by atoms with Gasteiger partial charge in [0.05, 0.1) is 6.04 Å². The van der Waals surface area contributed by atoms with Crippen molar-refractivity contribution in [2.75, 3.05) is 5.75 Å². The summed E-state index contributed by atoms with van der Waals surface area (Å²) in [4.78, 5) is 64.5. The highest BCUT2D eigenvalue weighted by atomic mass is 32.1. The van der Waals surface area contributed by atoms with Crippen LogP contribution in [0.4, 0.5) is 0 Å². The fourth-order valence-electron chi connectivity index (χ4n) is 3.82. The number of fused-ring (bicyclic) bond motifs is 1. The lowest BCUT2D eigenvalue weighted by atomic mass is 9.96. The van der Waals surface area contributed by atoms with Crippen molar-refractivity contribution < 1.29 is 34.2 Å². The maximum atomic E-state index is 13.4. The third-order valence-electron chi connectivity index (χ3n) is 6.33. The molecule has 0 saturated carbocycles. The van der Waals surface area contributed by atoms with Crippen molar-refractivity contribution in [2.24, 2.45) is 11.7 Å². The lowest BCUT2D eigenvalue weighted by molar-refractivity contribution is -0.141. The SMILES string of the molecule is CCC(C)C(NC(=O)C(N)CCC(=O)O)C(=O)NC(Cc1c[nH]c2ccccc12)C(=O)NC(CS)C(=O)O. The summed E-state index contributed by atoms with van der Waals surface area (Å²) in [6, 6.07) is 2.74. The molecule has 0 fully saturated rings. The van der Waals surface area contributed by atoms with Crippen molar-refractivity contribution in [2.45, 2.75) is 63.7 Å². The number of aromatic nitrogens is 1. The molecule has 0 saturated heterocycles. The first-order valence-electron chi connectivity index (χ1n) is 12.3. The molecule has 2 aromatic rings. The number of carboxylic acids is 2. The fourth-order valence-corrected chi connectivity index (χ4v) is 4.07. The van der Waals surface area contributed by atoms with Crippen molar-refractivity contribution in [1.82, 2.24) is 20.9 Å². The topological polar surface area (TPSA) is 204 Å². The predicted molar refractivity (Wildman–Crippen MR) is 144 cm³/mol. The Morgan fingerprint density at radius 3 is 2.26 bits per heavy atom. The Morgan fingerprint density at radius 1 is 1.00 bits per heavy atom. The number of carbonyl (C=O) groups excluding carboxylic acids is 3. The van der Waals surface area contributed by atoms with Gasteiger partial charge < -0.3 is 36.9 Å². The van der Waals surface area contributed by atoms with E-state index >= 15 is 0 Å². The van der Waals surface area contributed by atoms with E-state index in [0.29, 0.717) is 6.42 Å². The highest BCUT2D eigenvalue weighted by Gasteiger charge is 2.32. The van der Waals surface area contributed by atoms with Crippen LogP contribution in [0.15, 0.2) is 30.5 Å². The highest BCUT2D eigenvalue weighted by Crippen LogP contribution is 2.19. The number of hydrogen-bond donors (Lipinski definition) is 8. The van der Waals surface area contributed by atoms with Crippen molar-refractivity contribution >= 4 is 53.2 Å². The van der Waals surface area contributed by atoms with Crippen LogP contribution in [0, 0.1) is 5.92 Å². The Hall–Kier alpha value is -3.58. The minimum Gasteiger partial charge on any atom is -0.481 e.